The number of nitro groups is 1. The molecule has 21 heavy (non-hydrogen) atoms. The summed E-state index contributed by atoms with van der Waals surface area (Å²) < 4.78 is 7.17. The summed E-state index contributed by atoms with van der Waals surface area (Å²) in [7, 11) is 1.65. The molecule has 8 nitrogen and oxygen atoms in total. The molecule has 0 saturated carbocycles. The molecular weight excluding hydrogens is 274 g/mol. The van der Waals surface area contributed by atoms with Gasteiger partial charge in [0.2, 0.25) is 5.88 Å². The minimum atomic E-state index is -0.493. The molecule has 0 radical (unpaired) electrons. The molecule has 0 spiro atoms. The largest absolute Gasteiger partial charge is 0.438 e. The number of aryl methyl sites for hydroxylation is 3. The summed E-state index contributed by atoms with van der Waals surface area (Å²) >= 11 is 0. The molecule has 1 heterocycles. The number of nitrogens with two attached hydrogens (primary N) is 1. The van der Waals surface area contributed by atoms with Crippen LogP contribution in [-0.4, -0.2) is 20.5 Å². The maximum atomic E-state index is 10.8. The lowest BCUT2D eigenvalue weighted by Gasteiger charge is -2.10. The summed E-state index contributed by atoms with van der Waals surface area (Å²) in [6.07, 6.45) is 0. The zero-order chi connectivity index (χ0) is 15.7. The third-order valence-corrected chi connectivity index (χ3v) is 3.03. The van der Waals surface area contributed by atoms with Gasteiger partial charge in [0, 0.05) is 13.1 Å². The molecule has 0 amide bonds. The molecule has 0 aliphatic heterocycles. The molecule has 0 bridgehead atoms. The molecule has 2 aromatic rings. The Hall–Kier alpha value is -2.90. The second-order valence-electron chi connectivity index (χ2n) is 4.61. The Kier molecular flexibility index (Phi) is 3.62. The van der Waals surface area contributed by atoms with Gasteiger partial charge in [-0.05, 0) is 25.5 Å². The van der Waals surface area contributed by atoms with Crippen molar-refractivity contribution in [2.24, 2.45) is 12.8 Å². The fourth-order valence-electron chi connectivity index (χ4n) is 1.98. The fraction of sp³-hybridized carbons (Fsp3) is 0.231. The van der Waals surface area contributed by atoms with E-state index in [9.17, 15) is 10.1 Å². The molecule has 8 heteroatoms. The first-order valence-electron chi connectivity index (χ1n) is 6.12. The van der Waals surface area contributed by atoms with Gasteiger partial charge < -0.3 is 10.5 Å². The van der Waals surface area contributed by atoms with E-state index in [0.29, 0.717) is 17.0 Å². The monoisotopic (exact) mass is 289 g/mol. The van der Waals surface area contributed by atoms with Gasteiger partial charge in [-0.15, -0.1) is 0 Å². The Labute approximate surface area is 120 Å². The van der Waals surface area contributed by atoms with Crippen LogP contribution in [0.5, 0.6) is 11.6 Å². The van der Waals surface area contributed by atoms with E-state index in [-0.39, 0.29) is 17.4 Å². The molecule has 0 fully saturated rings. The zero-order valence-corrected chi connectivity index (χ0v) is 11.9. The molecule has 0 atom stereocenters. The van der Waals surface area contributed by atoms with Crippen LogP contribution in [0.15, 0.2) is 18.2 Å². The summed E-state index contributed by atoms with van der Waals surface area (Å²) in [4.78, 5) is 10.3. The van der Waals surface area contributed by atoms with E-state index in [0.717, 1.165) is 5.56 Å². The normalized spacial score (nSPS) is 10.4. The number of nitrogen functional groups attached to an aromatic ring is 1. The van der Waals surface area contributed by atoms with Crippen LogP contribution < -0.4 is 10.5 Å². The standard InChI is InChI=1S/C13H15N5O3/c1-7-4-5-9(18(19)20)6-10(7)21-13-11(12(14)15)8(2)16-17(13)3/h4-6H,1-3H3,(H3,14,15). The van der Waals surface area contributed by atoms with Crippen molar-refractivity contribution in [1.82, 2.24) is 9.78 Å². The lowest BCUT2D eigenvalue weighted by atomic mass is 10.2. The number of rotatable bonds is 4. The highest BCUT2D eigenvalue weighted by molar-refractivity contribution is 5.98. The Morgan fingerprint density at radius 2 is 2.14 bits per heavy atom. The number of hydrogen-bond donors (Lipinski definition) is 2. The number of hydrogen-bond acceptors (Lipinski definition) is 5. The number of aromatic nitrogens is 2. The van der Waals surface area contributed by atoms with Crippen LogP contribution in [0.1, 0.15) is 16.8 Å². The number of non-ortho nitro benzene ring substituents is 1. The molecule has 0 aliphatic carbocycles. The van der Waals surface area contributed by atoms with E-state index >= 15 is 0 Å². The van der Waals surface area contributed by atoms with E-state index in [1.54, 1.807) is 27.0 Å². The minimum Gasteiger partial charge on any atom is -0.438 e. The van der Waals surface area contributed by atoms with E-state index < -0.39 is 4.92 Å². The van der Waals surface area contributed by atoms with Gasteiger partial charge in [-0.3, -0.25) is 15.5 Å². The van der Waals surface area contributed by atoms with Crippen LogP contribution in [0, 0.1) is 29.4 Å². The van der Waals surface area contributed by atoms with Crippen molar-refractivity contribution in [3.8, 4) is 11.6 Å². The summed E-state index contributed by atoms with van der Waals surface area (Å²) in [6.45, 7) is 3.49. The third kappa shape index (κ3) is 2.69. The van der Waals surface area contributed by atoms with Gasteiger partial charge in [0.15, 0.2) is 0 Å². The van der Waals surface area contributed by atoms with Crippen molar-refractivity contribution >= 4 is 11.5 Å². The number of nitrogens with zero attached hydrogens (tertiary/aromatic N) is 3. The zero-order valence-electron chi connectivity index (χ0n) is 11.9. The van der Waals surface area contributed by atoms with Gasteiger partial charge in [0.1, 0.15) is 17.1 Å². The summed E-state index contributed by atoms with van der Waals surface area (Å²) in [5.41, 5.74) is 7.14. The van der Waals surface area contributed by atoms with Crippen LogP contribution >= 0.6 is 0 Å². The second-order valence-corrected chi connectivity index (χ2v) is 4.61. The molecular formula is C13H15N5O3. The summed E-state index contributed by atoms with van der Waals surface area (Å²) in [6, 6.07) is 4.34. The first-order chi connectivity index (χ1) is 9.81. The lowest BCUT2D eigenvalue weighted by molar-refractivity contribution is -0.384. The highest BCUT2D eigenvalue weighted by Crippen LogP contribution is 2.31. The number of nitrogens with one attached hydrogen (secondary N) is 1. The van der Waals surface area contributed by atoms with Gasteiger partial charge in [-0.1, -0.05) is 0 Å². The first-order valence-corrected chi connectivity index (χ1v) is 6.12. The predicted octanol–water partition coefficient (Wildman–Crippen LogP) is 2.02. The Morgan fingerprint density at radius 3 is 2.71 bits per heavy atom. The van der Waals surface area contributed by atoms with Crippen molar-refractivity contribution in [1.29, 1.82) is 5.41 Å². The molecule has 110 valence electrons. The fourth-order valence-corrected chi connectivity index (χ4v) is 1.98. The highest BCUT2D eigenvalue weighted by Gasteiger charge is 2.19. The average Bonchev–Trinajstić information content (AvgIpc) is 2.66. The maximum Gasteiger partial charge on any atom is 0.273 e. The molecule has 3 N–H and O–H groups in total. The quantitative estimate of drug-likeness (QED) is 0.386. The van der Waals surface area contributed by atoms with Crippen molar-refractivity contribution in [3.05, 3.63) is 45.1 Å². The Bertz CT molecular complexity index is 736. The first kappa shape index (κ1) is 14.5. The van der Waals surface area contributed by atoms with Crippen molar-refractivity contribution < 1.29 is 9.66 Å². The van der Waals surface area contributed by atoms with Gasteiger partial charge >= 0.3 is 0 Å². The Morgan fingerprint density at radius 1 is 1.48 bits per heavy atom. The number of amidine groups is 1. The maximum absolute atomic E-state index is 10.8. The molecule has 1 aromatic heterocycles. The average molecular weight is 289 g/mol. The van der Waals surface area contributed by atoms with E-state index in [2.05, 4.69) is 5.10 Å². The highest BCUT2D eigenvalue weighted by atomic mass is 16.6. The van der Waals surface area contributed by atoms with Gasteiger partial charge in [-0.2, -0.15) is 5.10 Å². The van der Waals surface area contributed by atoms with Crippen LogP contribution in [-0.2, 0) is 7.05 Å². The topological polar surface area (TPSA) is 120 Å². The minimum absolute atomic E-state index is 0.0705. The molecule has 0 aliphatic rings. The van der Waals surface area contributed by atoms with Gasteiger partial charge in [0.05, 0.1) is 16.7 Å². The smallest absolute Gasteiger partial charge is 0.273 e. The number of nitro benzene ring substituents is 1. The van der Waals surface area contributed by atoms with Gasteiger partial charge in [-0.25, -0.2) is 4.68 Å². The van der Waals surface area contributed by atoms with Crippen LogP contribution in [0.25, 0.3) is 0 Å². The van der Waals surface area contributed by atoms with Crippen molar-refractivity contribution in [2.75, 3.05) is 0 Å². The predicted molar refractivity (Wildman–Crippen MR) is 76.9 cm³/mol. The van der Waals surface area contributed by atoms with Crippen LogP contribution in [0.3, 0.4) is 0 Å². The molecule has 1 aromatic carbocycles. The SMILES string of the molecule is Cc1ccc([N+](=O)[O-])cc1Oc1c(C(=N)N)c(C)nn1C. The number of benzene rings is 1. The van der Waals surface area contributed by atoms with Crippen molar-refractivity contribution in [3.63, 3.8) is 0 Å². The summed E-state index contributed by atoms with van der Waals surface area (Å²) in [5, 5.41) is 22.6. The molecule has 2 rings (SSSR count). The molecule has 0 unspecified atom stereocenters. The van der Waals surface area contributed by atoms with Gasteiger partial charge in [0.25, 0.3) is 5.69 Å². The Balaban J connectivity index is 2.50. The van der Waals surface area contributed by atoms with E-state index in [1.165, 1.54) is 16.8 Å². The van der Waals surface area contributed by atoms with Crippen LogP contribution in [0.2, 0.25) is 0 Å². The van der Waals surface area contributed by atoms with E-state index in [4.69, 9.17) is 15.9 Å². The van der Waals surface area contributed by atoms with Crippen molar-refractivity contribution in [2.45, 2.75) is 13.8 Å². The van der Waals surface area contributed by atoms with E-state index in [1.807, 2.05) is 0 Å². The number of ether oxygens (including phenoxy) is 1. The molecule has 0 saturated heterocycles. The summed E-state index contributed by atoms with van der Waals surface area (Å²) in [5.74, 6) is 0.442. The lowest BCUT2D eigenvalue weighted by Crippen LogP contribution is -2.13. The second kappa shape index (κ2) is 5.23. The third-order valence-electron chi connectivity index (χ3n) is 3.03. The van der Waals surface area contributed by atoms with Crippen LogP contribution in [0.4, 0.5) is 5.69 Å².